The Kier molecular flexibility index (Phi) is 12.7. The van der Waals surface area contributed by atoms with E-state index in [1.807, 2.05) is 30.3 Å². The summed E-state index contributed by atoms with van der Waals surface area (Å²) in [7, 11) is 1.24. The lowest BCUT2D eigenvalue weighted by atomic mass is 9.91. The molecule has 0 aliphatic carbocycles. The van der Waals surface area contributed by atoms with Crippen molar-refractivity contribution in [3.8, 4) is 0 Å². The summed E-state index contributed by atoms with van der Waals surface area (Å²) in [6.07, 6.45) is -2.59. The van der Waals surface area contributed by atoms with E-state index in [0.717, 1.165) is 5.56 Å². The molecule has 0 saturated carbocycles. The molecule has 2 amide bonds. The fourth-order valence-electron chi connectivity index (χ4n) is 6.03. The molecule has 5 rings (SSSR count). The van der Waals surface area contributed by atoms with Crippen LogP contribution < -0.4 is 4.90 Å². The Morgan fingerprint density at radius 2 is 1.50 bits per heavy atom. The van der Waals surface area contributed by atoms with Gasteiger partial charge in [-0.1, -0.05) is 37.3 Å². The largest absolute Gasteiger partial charge is 0.509 e. The molecule has 0 bridgehead atoms. The van der Waals surface area contributed by atoms with Gasteiger partial charge in [-0.3, -0.25) is 4.57 Å². The molecule has 0 radical (unpaired) electrons. The van der Waals surface area contributed by atoms with E-state index >= 15 is 0 Å². The molecule has 1 aliphatic heterocycles. The number of carbonyl (C=O) groups excluding carboxylic acids is 4. The van der Waals surface area contributed by atoms with Crippen LogP contribution in [-0.2, 0) is 50.0 Å². The molecular weight excluding hydrogens is 780 g/mol. The number of imidazole rings is 1. The van der Waals surface area contributed by atoms with Crippen molar-refractivity contribution in [2.24, 2.45) is 5.92 Å². The number of carbonyl (C=O) groups is 4. The highest BCUT2D eigenvalue weighted by Crippen LogP contribution is 2.41. The number of imide groups is 1. The van der Waals surface area contributed by atoms with Gasteiger partial charge in [0.05, 0.1) is 26.1 Å². The van der Waals surface area contributed by atoms with Gasteiger partial charge in [0, 0.05) is 12.3 Å². The van der Waals surface area contributed by atoms with Crippen molar-refractivity contribution < 1.29 is 56.8 Å². The van der Waals surface area contributed by atoms with Gasteiger partial charge < -0.3 is 37.6 Å². The first kappa shape index (κ1) is 43.8. The number of amides is 2. The molecule has 1 fully saturated rings. The van der Waals surface area contributed by atoms with E-state index in [2.05, 4.69) is 19.9 Å². The first-order valence-corrected chi connectivity index (χ1v) is 18.8. The summed E-state index contributed by atoms with van der Waals surface area (Å²) < 4.78 is 47.6. The van der Waals surface area contributed by atoms with Crippen molar-refractivity contribution in [2.75, 3.05) is 18.6 Å². The highest BCUT2D eigenvalue weighted by molar-refractivity contribution is 6.29. The maximum atomic E-state index is 13.7. The Bertz CT molecular complexity index is 2060. The third kappa shape index (κ3) is 10.2. The summed E-state index contributed by atoms with van der Waals surface area (Å²) in [6.45, 7) is 16.3. The standard InChI is InChI=1S/C39H49ClN6O12/c1-22-24(18-53-39(31(47)51-11,25-19-52-21-42-25)17-23-15-13-12-14-16-23)54-30(27(22)55-35(50)58-38(8,9)10)45-20-41-26-28(45)43-32(40)44-29(26)46(33(48)56-36(2,3)4)34(49)57-37(5,6)7/h12-16,19-22,24,27,30H,17-18H2,1-11H3/t22-,24-,27-,30-,39?/m1/s1. The smallest absolute Gasteiger partial charge is 0.467 e. The van der Waals surface area contributed by atoms with Crippen molar-refractivity contribution in [2.45, 2.75) is 116 Å². The summed E-state index contributed by atoms with van der Waals surface area (Å²) >= 11 is 6.47. The average molecular weight is 829 g/mol. The third-order valence-electron chi connectivity index (χ3n) is 8.49. The van der Waals surface area contributed by atoms with Crippen molar-refractivity contribution in [3.63, 3.8) is 0 Å². The molecule has 4 aromatic rings. The minimum atomic E-state index is -1.78. The molecule has 1 saturated heterocycles. The van der Waals surface area contributed by atoms with E-state index in [1.165, 1.54) is 30.7 Å². The van der Waals surface area contributed by atoms with Crippen LogP contribution in [0.3, 0.4) is 0 Å². The highest BCUT2D eigenvalue weighted by Gasteiger charge is 2.51. The Balaban J connectivity index is 1.58. The van der Waals surface area contributed by atoms with Crippen LogP contribution in [0.25, 0.3) is 11.2 Å². The van der Waals surface area contributed by atoms with E-state index < -0.39 is 71.1 Å². The number of hydrogen-bond acceptors (Lipinski definition) is 16. The lowest BCUT2D eigenvalue weighted by molar-refractivity contribution is -0.179. The van der Waals surface area contributed by atoms with Gasteiger partial charge in [-0.15, -0.1) is 0 Å². The number of oxazole rings is 1. The van der Waals surface area contributed by atoms with E-state index in [9.17, 15) is 19.2 Å². The number of methoxy groups -OCH3 is 1. The van der Waals surface area contributed by atoms with Crippen molar-refractivity contribution >= 4 is 52.9 Å². The number of fused-ring (bicyclic) bond motifs is 1. The normalized spacial score (nSPS) is 19.6. The lowest BCUT2D eigenvalue weighted by Crippen LogP contribution is -2.44. The molecular formula is C39H49ClN6O12. The summed E-state index contributed by atoms with van der Waals surface area (Å²) in [6, 6.07) is 9.14. The molecule has 1 unspecified atom stereocenters. The predicted octanol–water partition coefficient (Wildman–Crippen LogP) is 7.33. The van der Waals surface area contributed by atoms with Crippen LogP contribution in [0.2, 0.25) is 5.28 Å². The number of esters is 1. The Labute approximate surface area is 340 Å². The van der Waals surface area contributed by atoms with Crippen LogP contribution in [0.1, 0.15) is 86.7 Å². The van der Waals surface area contributed by atoms with Gasteiger partial charge in [0.25, 0.3) is 0 Å². The van der Waals surface area contributed by atoms with Gasteiger partial charge in [-0.2, -0.15) is 14.9 Å². The van der Waals surface area contributed by atoms with E-state index in [0.29, 0.717) is 4.90 Å². The third-order valence-corrected chi connectivity index (χ3v) is 8.66. The first-order chi connectivity index (χ1) is 27.0. The first-order valence-electron chi connectivity index (χ1n) is 18.4. The van der Waals surface area contributed by atoms with Gasteiger partial charge in [0.15, 0.2) is 35.7 Å². The van der Waals surface area contributed by atoms with Crippen molar-refractivity contribution in [1.82, 2.24) is 24.5 Å². The molecule has 0 spiro atoms. The lowest BCUT2D eigenvalue weighted by Gasteiger charge is -2.31. The molecule has 3 aromatic heterocycles. The van der Waals surface area contributed by atoms with Crippen molar-refractivity contribution in [1.29, 1.82) is 0 Å². The van der Waals surface area contributed by atoms with Gasteiger partial charge in [-0.25, -0.2) is 29.1 Å². The SMILES string of the molecule is COC(=O)C(Cc1ccccc1)(OC[C@H]1O[C@@H](n2cnc3c(N(C(=O)OC(C)(C)C)C(=O)OC(C)(C)C)nc(Cl)nc32)[C@H](OC(=O)OC(C)(C)C)[C@@H]1C)c1cocn1. The minimum Gasteiger partial charge on any atom is -0.467 e. The number of rotatable bonds is 10. The monoisotopic (exact) mass is 828 g/mol. The zero-order valence-electron chi connectivity index (χ0n) is 34.3. The van der Waals surface area contributed by atoms with E-state index in [1.54, 1.807) is 69.2 Å². The Morgan fingerprint density at radius 3 is 2.05 bits per heavy atom. The van der Waals surface area contributed by atoms with Crippen LogP contribution in [0, 0.1) is 5.92 Å². The number of nitrogens with zero attached hydrogens (tertiary/aromatic N) is 6. The fraction of sp³-hybridized carbons (Fsp3) is 0.538. The van der Waals surface area contributed by atoms with E-state index in [-0.39, 0.29) is 41.0 Å². The number of hydrogen-bond donors (Lipinski definition) is 0. The van der Waals surface area contributed by atoms with Crippen LogP contribution >= 0.6 is 11.6 Å². The number of anilines is 1. The maximum absolute atomic E-state index is 13.7. The van der Waals surface area contributed by atoms with Gasteiger partial charge in [0.2, 0.25) is 10.9 Å². The highest BCUT2D eigenvalue weighted by atomic mass is 35.5. The van der Waals surface area contributed by atoms with Gasteiger partial charge in [-0.05, 0) is 79.5 Å². The number of halogens is 1. The summed E-state index contributed by atoms with van der Waals surface area (Å²) in [5.74, 6) is -1.73. The molecule has 0 N–H and O–H groups in total. The summed E-state index contributed by atoms with van der Waals surface area (Å²) in [5.41, 5.74) is -3.93. The van der Waals surface area contributed by atoms with Crippen LogP contribution in [0.5, 0.6) is 0 Å². The molecule has 314 valence electrons. The van der Waals surface area contributed by atoms with Crippen LogP contribution in [0.15, 0.2) is 53.7 Å². The number of benzene rings is 1. The summed E-state index contributed by atoms with van der Waals surface area (Å²) in [5, 5.41) is -0.381. The molecule has 58 heavy (non-hydrogen) atoms. The minimum absolute atomic E-state index is 0.0146. The van der Waals surface area contributed by atoms with Gasteiger partial charge in [0.1, 0.15) is 28.8 Å². The molecule has 19 heteroatoms. The second-order valence-electron chi connectivity index (χ2n) is 16.6. The quantitative estimate of drug-likeness (QED) is 0.0871. The van der Waals surface area contributed by atoms with Crippen molar-refractivity contribution in [3.05, 3.63) is 65.9 Å². The van der Waals surface area contributed by atoms with Gasteiger partial charge >= 0.3 is 24.3 Å². The maximum Gasteiger partial charge on any atom is 0.509 e. The molecule has 5 atom stereocenters. The average Bonchev–Trinajstić information content (AvgIpc) is 3.85. The number of ether oxygens (including phenoxy) is 7. The zero-order valence-corrected chi connectivity index (χ0v) is 35.1. The second kappa shape index (κ2) is 16.9. The molecule has 4 heterocycles. The molecule has 1 aliphatic rings. The predicted molar refractivity (Wildman–Crippen MR) is 206 cm³/mol. The summed E-state index contributed by atoms with van der Waals surface area (Å²) in [4.78, 5) is 72.0. The molecule has 18 nitrogen and oxygen atoms in total. The zero-order chi connectivity index (χ0) is 42.8. The van der Waals surface area contributed by atoms with E-state index in [4.69, 9.17) is 49.2 Å². The van der Waals surface area contributed by atoms with Crippen LogP contribution in [0.4, 0.5) is 20.2 Å². The second-order valence-corrected chi connectivity index (χ2v) is 16.9. The van der Waals surface area contributed by atoms with Crippen LogP contribution in [-0.4, -0.2) is 91.5 Å². The molecule has 1 aromatic carbocycles. The fourth-order valence-corrected chi connectivity index (χ4v) is 6.19. The topological polar surface area (TPSA) is 206 Å². The Hall–Kier alpha value is -5.33. The Morgan fingerprint density at radius 1 is 0.879 bits per heavy atom. The number of aromatic nitrogens is 5.